The molecule has 4 heteroatoms. The molecule has 10 heavy (non-hydrogen) atoms. The van der Waals surface area contributed by atoms with Crippen molar-refractivity contribution in [3.05, 3.63) is 12.2 Å². The SMILES string of the molecule is C=C1C(=S)C(=S)C(=S)C1=S. The summed E-state index contributed by atoms with van der Waals surface area (Å²) in [7, 11) is 0. The normalized spacial score (nSPS) is 19.0. The smallest absolute Gasteiger partial charge is 0.0759 e. The van der Waals surface area contributed by atoms with Gasteiger partial charge in [0.2, 0.25) is 0 Å². The van der Waals surface area contributed by atoms with Crippen LogP contribution < -0.4 is 0 Å². The van der Waals surface area contributed by atoms with Crippen LogP contribution in [0, 0.1) is 0 Å². The van der Waals surface area contributed by atoms with Crippen molar-refractivity contribution in [1.29, 1.82) is 0 Å². The number of hydrogen-bond donors (Lipinski definition) is 0. The van der Waals surface area contributed by atoms with Crippen molar-refractivity contribution >= 4 is 68.3 Å². The van der Waals surface area contributed by atoms with Crippen molar-refractivity contribution < 1.29 is 0 Å². The Morgan fingerprint density at radius 1 is 0.700 bits per heavy atom. The highest BCUT2D eigenvalue weighted by molar-refractivity contribution is 8.00. The van der Waals surface area contributed by atoms with E-state index in [4.69, 9.17) is 48.9 Å². The van der Waals surface area contributed by atoms with Gasteiger partial charge in [0.05, 0.1) is 19.5 Å². The highest BCUT2D eigenvalue weighted by atomic mass is 32.1. The van der Waals surface area contributed by atoms with Gasteiger partial charge < -0.3 is 0 Å². The van der Waals surface area contributed by atoms with Crippen LogP contribution in [0.15, 0.2) is 12.2 Å². The first-order chi connectivity index (χ1) is 4.55. The Kier molecular flexibility index (Phi) is 2.15. The maximum Gasteiger partial charge on any atom is 0.0759 e. The van der Waals surface area contributed by atoms with Gasteiger partial charge in [0.1, 0.15) is 0 Å². The molecule has 1 fully saturated rings. The number of thiocarbonyl (C=S) groups is 4. The maximum absolute atomic E-state index is 4.90. The van der Waals surface area contributed by atoms with Crippen LogP contribution in [0.5, 0.6) is 0 Å². The van der Waals surface area contributed by atoms with Gasteiger partial charge in [0, 0.05) is 5.57 Å². The third-order valence-electron chi connectivity index (χ3n) is 1.17. The molecule has 1 aliphatic carbocycles. The van der Waals surface area contributed by atoms with Crippen molar-refractivity contribution in [3.63, 3.8) is 0 Å². The summed E-state index contributed by atoms with van der Waals surface area (Å²) in [6.45, 7) is 3.66. The van der Waals surface area contributed by atoms with Crippen LogP contribution in [0.2, 0.25) is 0 Å². The molecule has 0 amide bonds. The van der Waals surface area contributed by atoms with E-state index in [1.54, 1.807) is 0 Å². The summed E-state index contributed by atoms with van der Waals surface area (Å²) in [5.41, 5.74) is 0.639. The first-order valence-electron chi connectivity index (χ1n) is 2.42. The molecule has 0 N–H and O–H groups in total. The van der Waals surface area contributed by atoms with Gasteiger partial charge in [-0.2, -0.15) is 0 Å². The standard InChI is InChI=1S/C6H2S4/c1-2-3(7)5(9)6(10)4(2)8/h1H2. The molecule has 0 unspecified atom stereocenters. The second-order valence-electron chi connectivity index (χ2n) is 1.80. The van der Waals surface area contributed by atoms with Crippen molar-refractivity contribution in [2.24, 2.45) is 0 Å². The lowest BCUT2D eigenvalue weighted by Crippen LogP contribution is -2.08. The number of rotatable bonds is 0. The van der Waals surface area contributed by atoms with Crippen LogP contribution in [-0.2, 0) is 0 Å². The van der Waals surface area contributed by atoms with Crippen molar-refractivity contribution in [2.75, 3.05) is 0 Å². The fraction of sp³-hybridized carbons (Fsp3) is 0. The Bertz CT molecular complexity index is 194. The maximum atomic E-state index is 4.90. The highest BCUT2D eigenvalue weighted by Crippen LogP contribution is 2.14. The monoisotopic (exact) mass is 202 g/mol. The fourth-order valence-corrected chi connectivity index (χ4v) is 1.64. The van der Waals surface area contributed by atoms with Gasteiger partial charge >= 0.3 is 0 Å². The zero-order chi connectivity index (χ0) is 7.89. The first kappa shape index (κ1) is 8.20. The van der Waals surface area contributed by atoms with E-state index in [9.17, 15) is 0 Å². The molecule has 0 aromatic rings. The van der Waals surface area contributed by atoms with E-state index in [-0.39, 0.29) is 0 Å². The third kappa shape index (κ3) is 1.01. The van der Waals surface area contributed by atoms with Gasteiger partial charge in [0.25, 0.3) is 0 Å². The summed E-state index contributed by atoms with van der Waals surface area (Å²) in [5.74, 6) is 0. The molecule has 1 saturated carbocycles. The van der Waals surface area contributed by atoms with Crippen LogP contribution >= 0.6 is 48.9 Å². The van der Waals surface area contributed by atoms with E-state index in [1.165, 1.54) is 0 Å². The predicted octanol–water partition coefficient (Wildman–Crippen LogP) is 2.04. The lowest BCUT2D eigenvalue weighted by atomic mass is 10.3. The summed E-state index contributed by atoms with van der Waals surface area (Å²) in [6.07, 6.45) is 0. The first-order valence-corrected chi connectivity index (χ1v) is 4.05. The van der Waals surface area contributed by atoms with Crippen molar-refractivity contribution in [3.8, 4) is 0 Å². The molecule has 0 aromatic heterocycles. The van der Waals surface area contributed by atoms with Crippen molar-refractivity contribution in [1.82, 2.24) is 0 Å². The minimum Gasteiger partial charge on any atom is -0.0888 e. The zero-order valence-electron chi connectivity index (χ0n) is 4.84. The molecular weight excluding hydrogens is 200 g/mol. The molecule has 0 aromatic carbocycles. The lowest BCUT2D eigenvalue weighted by Gasteiger charge is -1.86. The van der Waals surface area contributed by atoms with E-state index < -0.39 is 0 Å². The lowest BCUT2D eigenvalue weighted by molar-refractivity contribution is 2.27. The zero-order valence-corrected chi connectivity index (χ0v) is 8.11. The molecule has 1 aliphatic rings. The second kappa shape index (κ2) is 2.62. The summed E-state index contributed by atoms with van der Waals surface area (Å²) >= 11 is 19.6. The molecule has 1 rings (SSSR count). The Morgan fingerprint density at radius 2 is 1.00 bits per heavy atom. The van der Waals surface area contributed by atoms with Crippen LogP contribution in [-0.4, -0.2) is 19.5 Å². The van der Waals surface area contributed by atoms with E-state index >= 15 is 0 Å². The summed E-state index contributed by atoms with van der Waals surface area (Å²) < 4.78 is 0. The average molecular weight is 202 g/mol. The molecule has 0 heterocycles. The minimum absolute atomic E-state index is 0.514. The van der Waals surface area contributed by atoms with Gasteiger partial charge in [-0.15, -0.1) is 0 Å². The molecule has 0 nitrogen and oxygen atoms in total. The van der Waals surface area contributed by atoms with Crippen LogP contribution in [0.4, 0.5) is 0 Å². The van der Waals surface area contributed by atoms with E-state index in [2.05, 4.69) is 6.58 Å². The minimum atomic E-state index is 0.514. The average Bonchev–Trinajstić information content (AvgIpc) is 2.07. The summed E-state index contributed by atoms with van der Waals surface area (Å²) in [6, 6.07) is 0. The summed E-state index contributed by atoms with van der Waals surface area (Å²) in [4.78, 5) is 2.12. The molecule has 50 valence electrons. The summed E-state index contributed by atoms with van der Waals surface area (Å²) in [5, 5.41) is 0. The van der Waals surface area contributed by atoms with Crippen LogP contribution in [0.3, 0.4) is 0 Å². The Morgan fingerprint density at radius 3 is 1.10 bits per heavy atom. The molecule has 0 spiro atoms. The molecular formula is C6H2S4. The molecule has 0 aliphatic heterocycles. The largest absolute Gasteiger partial charge is 0.0888 e. The third-order valence-corrected chi connectivity index (χ3v) is 3.27. The highest BCUT2D eigenvalue weighted by Gasteiger charge is 2.28. The van der Waals surface area contributed by atoms with Gasteiger partial charge in [0.15, 0.2) is 0 Å². The Balaban J connectivity index is 3.25. The quantitative estimate of drug-likeness (QED) is 0.435. The Labute approximate surface area is 80.3 Å². The number of allylic oxidation sites excluding steroid dienone is 1. The second-order valence-corrected chi connectivity index (χ2v) is 3.43. The fourth-order valence-electron chi connectivity index (χ4n) is 0.583. The molecule has 0 atom stereocenters. The van der Waals surface area contributed by atoms with Gasteiger partial charge in [-0.1, -0.05) is 55.5 Å². The number of hydrogen-bond acceptors (Lipinski definition) is 4. The van der Waals surface area contributed by atoms with E-state index in [0.717, 1.165) is 0 Å². The van der Waals surface area contributed by atoms with E-state index in [1.807, 2.05) is 0 Å². The molecule has 0 saturated heterocycles. The van der Waals surface area contributed by atoms with Crippen LogP contribution in [0.1, 0.15) is 0 Å². The van der Waals surface area contributed by atoms with E-state index in [0.29, 0.717) is 25.0 Å². The molecule has 0 bridgehead atoms. The van der Waals surface area contributed by atoms with Crippen LogP contribution in [0.25, 0.3) is 0 Å². The Hall–Kier alpha value is 0.1000. The van der Waals surface area contributed by atoms with Gasteiger partial charge in [-0.05, 0) is 0 Å². The topological polar surface area (TPSA) is 0 Å². The molecule has 0 radical (unpaired) electrons. The predicted molar refractivity (Wildman–Crippen MR) is 59.5 cm³/mol. The van der Waals surface area contributed by atoms with Gasteiger partial charge in [-0.25, -0.2) is 0 Å². The van der Waals surface area contributed by atoms with Gasteiger partial charge in [-0.3, -0.25) is 0 Å². The van der Waals surface area contributed by atoms with Crippen molar-refractivity contribution in [2.45, 2.75) is 0 Å².